The molecule has 0 aliphatic rings. The fraction of sp³-hybridized carbons (Fsp3) is 0.727. The molecule has 0 aliphatic carbocycles. The van der Waals surface area contributed by atoms with Crippen LogP contribution < -0.4 is 5.73 Å². The molecule has 0 saturated heterocycles. The van der Waals surface area contributed by atoms with Gasteiger partial charge in [0.15, 0.2) is 6.29 Å². The van der Waals surface area contributed by atoms with E-state index in [0.717, 1.165) is 22.3 Å². The van der Waals surface area contributed by atoms with E-state index in [1.807, 2.05) is 11.7 Å². The Morgan fingerprint density at radius 2 is 2.00 bits per heavy atom. The van der Waals surface area contributed by atoms with E-state index in [2.05, 4.69) is 28.0 Å². The summed E-state index contributed by atoms with van der Waals surface area (Å²) >= 11 is 3.56. The Bertz CT molecular complexity index is 364. The molecule has 1 aromatic heterocycles. The number of nitrogens with zero attached hydrogens (tertiary/aromatic N) is 2. The summed E-state index contributed by atoms with van der Waals surface area (Å²) in [4.78, 5) is 0. The minimum atomic E-state index is -0.401. The van der Waals surface area contributed by atoms with Crippen molar-refractivity contribution in [3.63, 3.8) is 0 Å². The zero-order valence-corrected chi connectivity index (χ0v) is 12.3. The fourth-order valence-electron chi connectivity index (χ4n) is 1.81. The summed E-state index contributed by atoms with van der Waals surface area (Å²) < 4.78 is 13.2. The van der Waals surface area contributed by atoms with Crippen LogP contribution in [0.15, 0.2) is 4.47 Å². The molecule has 0 saturated carbocycles. The number of rotatable bonds is 6. The zero-order chi connectivity index (χ0) is 13.0. The van der Waals surface area contributed by atoms with E-state index < -0.39 is 6.29 Å². The summed E-state index contributed by atoms with van der Waals surface area (Å²) in [6, 6.07) is -0.221. The molecule has 1 atom stereocenters. The van der Waals surface area contributed by atoms with Crippen molar-refractivity contribution < 1.29 is 9.47 Å². The number of nitrogens with two attached hydrogens (primary N) is 1. The summed E-state index contributed by atoms with van der Waals surface area (Å²) in [6.07, 6.45) is 1.14. The lowest BCUT2D eigenvalue weighted by Gasteiger charge is -2.21. The first-order valence-electron chi connectivity index (χ1n) is 5.56. The molecule has 17 heavy (non-hydrogen) atoms. The minimum Gasteiger partial charge on any atom is -0.354 e. The lowest BCUT2D eigenvalue weighted by atomic mass is 10.1. The molecule has 0 aliphatic heterocycles. The molecule has 0 radical (unpaired) electrons. The SMILES string of the molecule is CCc1nn(C)c(CC(N)C(OC)OC)c1Br. The summed E-state index contributed by atoms with van der Waals surface area (Å²) in [5.74, 6) is 0. The first-order chi connectivity index (χ1) is 8.04. The predicted octanol–water partition coefficient (Wildman–Crippen LogP) is 1.23. The molecule has 1 rings (SSSR count). The van der Waals surface area contributed by atoms with Gasteiger partial charge in [-0.2, -0.15) is 5.10 Å². The molecule has 0 bridgehead atoms. The van der Waals surface area contributed by atoms with Crippen molar-refractivity contribution in [1.82, 2.24) is 9.78 Å². The van der Waals surface area contributed by atoms with Gasteiger partial charge in [-0.05, 0) is 22.4 Å². The number of methoxy groups -OCH3 is 2. The molecule has 0 fully saturated rings. The standard InChI is InChI=1S/C11H20BrN3O2/c1-5-8-10(12)9(15(2)14-8)6-7(13)11(16-3)17-4/h7,11H,5-6,13H2,1-4H3. The lowest BCUT2D eigenvalue weighted by molar-refractivity contribution is -0.116. The molecule has 1 heterocycles. The molecule has 5 nitrogen and oxygen atoms in total. The van der Waals surface area contributed by atoms with Gasteiger partial charge in [-0.1, -0.05) is 6.92 Å². The highest BCUT2D eigenvalue weighted by Gasteiger charge is 2.21. The van der Waals surface area contributed by atoms with Gasteiger partial charge in [0.1, 0.15) is 0 Å². The van der Waals surface area contributed by atoms with Crippen molar-refractivity contribution in [3.05, 3.63) is 15.9 Å². The number of aryl methyl sites for hydroxylation is 2. The van der Waals surface area contributed by atoms with Crippen LogP contribution in [0.4, 0.5) is 0 Å². The Balaban J connectivity index is 2.84. The molecule has 0 amide bonds. The second kappa shape index (κ2) is 6.49. The van der Waals surface area contributed by atoms with Gasteiger partial charge in [0.2, 0.25) is 0 Å². The van der Waals surface area contributed by atoms with E-state index in [0.29, 0.717) is 6.42 Å². The monoisotopic (exact) mass is 305 g/mol. The van der Waals surface area contributed by atoms with Gasteiger partial charge in [0, 0.05) is 27.7 Å². The predicted molar refractivity (Wildman–Crippen MR) is 69.8 cm³/mol. The van der Waals surface area contributed by atoms with Crippen molar-refractivity contribution in [2.75, 3.05) is 14.2 Å². The molecule has 2 N–H and O–H groups in total. The molecule has 0 aromatic carbocycles. The van der Waals surface area contributed by atoms with E-state index in [9.17, 15) is 0 Å². The molecule has 0 spiro atoms. The Hall–Kier alpha value is -0.430. The van der Waals surface area contributed by atoms with Crippen LogP contribution in [0.1, 0.15) is 18.3 Å². The van der Waals surface area contributed by atoms with Crippen LogP contribution >= 0.6 is 15.9 Å². The minimum absolute atomic E-state index is 0.221. The maximum Gasteiger partial charge on any atom is 0.172 e. The smallest absolute Gasteiger partial charge is 0.172 e. The Kier molecular flexibility index (Phi) is 5.58. The Labute approximate surface area is 110 Å². The van der Waals surface area contributed by atoms with Crippen LogP contribution in [0.3, 0.4) is 0 Å². The van der Waals surface area contributed by atoms with E-state index >= 15 is 0 Å². The number of halogens is 1. The number of aromatic nitrogens is 2. The summed E-state index contributed by atoms with van der Waals surface area (Å²) in [5, 5.41) is 4.43. The van der Waals surface area contributed by atoms with Crippen molar-refractivity contribution >= 4 is 15.9 Å². The van der Waals surface area contributed by atoms with Gasteiger partial charge in [0.25, 0.3) is 0 Å². The van der Waals surface area contributed by atoms with Crippen LogP contribution in [0, 0.1) is 0 Å². The van der Waals surface area contributed by atoms with Crippen LogP contribution in [0.2, 0.25) is 0 Å². The maximum atomic E-state index is 6.05. The van der Waals surface area contributed by atoms with E-state index in [1.54, 1.807) is 14.2 Å². The van der Waals surface area contributed by atoms with Gasteiger partial charge in [-0.3, -0.25) is 4.68 Å². The average molecular weight is 306 g/mol. The van der Waals surface area contributed by atoms with E-state index in [-0.39, 0.29) is 6.04 Å². The molecular formula is C11H20BrN3O2. The van der Waals surface area contributed by atoms with Crippen molar-refractivity contribution in [1.29, 1.82) is 0 Å². The third-order valence-corrected chi connectivity index (χ3v) is 3.66. The molecule has 1 aromatic rings. The fourth-order valence-corrected chi connectivity index (χ4v) is 2.59. The molecule has 98 valence electrons. The average Bonchev–Trinajstić information content (AvgIpc) is 2.58. The van der Waals surface area contributed by atoms with Crippen molar-refractivity contribution in [2.24, 2.45) is 12.8 Å². The summed E-state index contributed by atoms with van der Waals surface area (Å²) in [5.41, 5.74) is 8.15. The molecule has 6 heteroatoms. The molecule has 1 unspecified atom stereocenters. The highest BCUT2D eigenvalue weighted by Crippen LogP contribution is 2.23. The Morgan fingerprint density at radius 1 is 1.41 bits per heavy atom. The number of hydrogen-bond acceptors (Lipinski definition) is 4. The quantitative estimate of drug-likeness (QED) is 0.803. The van der Waals surface area contributed by atoms with Crippen LogP contribution in [0.25, 0.3) is 0 Å². The van der Waals surface area contributed by atoms with Gasteiger partial charge in [0.05, 0.1) is 21.9 Å². The molecular weight excluding hydrogens is 286 g/mol. The summed E-state index contributed by atoms with van der Waals surface area (Å²) in [7, 11) is 5.09. The first kappa shape index (κ1) is 14.6. The lowest BCUT2D eigenvalue weighted by Crippen LogP contribution is -2.39. The van der Waals surface area contributed by atoms with Crippen LogP contribution in [-0.2, 0) is 29.4 Å². The van der Waals surface area contributed by atoms with Crippen LogP contribution in [-0.4, -0.2) is 36.3 Å². The van der Waals surface area contributed by atoms with Crippen molar-refractivity contribution in [2.45, 2.75) is 32.1 Å². The van der Waals surface area contributed by atoms with E-state index in [1.165, 1.54) is 0 Å². The second-order valence-electron chi connectivity index (χ2n) is 3.89. The second-order valence-corrected chi connectivity index (χ2v) is 4.69. The number of ether oxygens (including phenoxy) is 2. The summed E-state index contributed by atoms with van der Waals surface area (Å²) in [6.45, 7) is 2.07. The highest BCUT2D eigenvalue weighted by atomic mass is 79.9. The van der Waals surface area contributed by atoms with E-state index in [4.69, 9.17) is 15.2 Å². The number of hydrogen-bond donors (Lipinski definition) is 1. The maximum absolute atomic E-state index is 6.05. The third kappa shape index (κ3) is 3.28. The zero-order valence-electron chi connectivity index (χ0n) is 10.7. The van der Waals surface area contributed by atoms with Gasteiger partial charge >= 0.3 is 0 Å². The largest absolute Gasteiger partial charge is 0.354 e. The highest BCUT2D eigenvalue weighted by molar-refractivity contribution is 9.10. The van der Waals surface area contributed by atoms with Crippen LogP contribution in [0.5, 0.6) is 0 Å². The topological polar surface area (TPSA) is 62.3 Å². The van der Waals surface area contributed by atoms with Gasteiger partial charge in [-0.25, -0.2) is 0 Å². The van der Waals surface area contributed by atoms with Gasteiger partial charge < -0.3 is 15.2 Å². The Morgan fingerprint density at radius 3 is 2.41 bits per heavy atom. The first-order valence-corrected chi connectivity index (χ1v) is 6.35. The third-order valence-electron chi connectivity index (χ3n) is 2.75. The normalized spacial score (nSPS) is 13.4. The van der Waals surface area contributed by atoms with Crippen molar-refractivity contribution in [3.8, 4) is 0 Å². The van der Waals surface area contributed by atoms with Gasteiger partial charge in [-0.15, -0.1) is 0 Å².